The second kappa shape index (κ2) is 12.6. The number of rotatable bonds is 12. The van der Waals surface area contributed by atoms with E-state index in [2.05, 4.69) is 25.0 Å². The summed E-state index contributed by atoms with van der Waals surface area (Å²) < 4.78 is 96.4. The van der Waals surface area contributed by atoms with Crippen LogP contribution in [0.3, 0.4) is 0 Å². The molecule has 244 valence electrons. The predicted molar refractivity (Wildman–Crippen MR) is 156 cm³/mol. The first-order valence-electron chi connectivity index (χ1n) is 13.7. The predicted octanol–water partition coefficient (Wildman–Crippen LogP) is 1.57. The fourth-order valence-corrected chi connectivity index (χ4v) is 7.46. The Bertz CT molecular complexity index is 1560. The molecule has 2 aliphatic rings. The molecule has 1 aromatic carbocycles. The SMILES string of the molecule is CC(C)S(=O)(=O)N1CCN(c2nc(Nc3ccc(C(=O)NS(=O)(=O)C4(CN(C)C)CC4)cc3)nc(OCC(F)(F)F)n2)CC1. The van der Waals surface area contributed by atoms with Crippen LogP contribution in [-0.2, 0) is 20.0 Å². The van der Waals surface area contributed by atoms with Crippen LogP contribution in [0, 0.1) is 0 Å². The first-order chi connectivity index (χ1) is 20.4. The van der Waals surface area contributed by atoms with Gasteiger partial charge in [-0.2, -0.15) is 32.4 Å². The number of alkyl halides is 3. The van der Waals surface area contributed by atoms with Gasteiger partial charge in [-0.1, -0.05) is 0 Å². The smallest absolute Gasteiger partial charge is 0.422 e. The van der Waals surface area contributed by atoms with E-state index in [1.807, 2.05) is 0 Å². The molecular formula is C25H35F3N8O6S2. The van der Waals surface area contributed by atoms with Crippen molar-refractivity contribution in [3.63, 3.8) is 0 Å². The molecule has 0 unspecified atom stereocenters. The number of hydrogen-bond donors (Lipinski definition) is 2. The van der Waals surface area contributed by atoms with Crippen LogP contribution in [0.4, 0.5) is 30.8 Å². The van der Waals surface area contributed by atoms with Crippen molar-refractivity contribution in [2.45, 2.75) is 42.9 Å². The van der Waals surface area contributed by atoms with Crippen LogP contribution >= 0.6 is 0 Å². The molecule has 1 aromatic heterocycles. The number of benzene rings is 1. The summed E-state index contributed by atoms with van der Waals surface area (Å²) in [4.78, 5) is 28.3. The van der Waals surface area contributed by atoms with Crippen molar-refractivity contribution in [3.8, 4) is 6.01 Å². The summed E-state index contributed by atoms with van der Waals surface area (Å²) >= 11 is 0. The maximum atomic E-state index is 12.8. The number of anilines is 3. The molecule has 0 radical (unpaired) electrons. The molecule has 1 aliphatic carbocycles. The third-order valence-electron chi connectivity index (χ3n) is 7.06. The van der Waals surface area contributed by atoms with Gasteiger partial charge in [0.25, 0.3) is 5.91 Å². The number of carbonyl (C=O) groups excluding carboxylic acids is 1. The van der Waals surface area contributed by atoms with E-state index in [-0.39, 0.29) is 50.2 Å². The Hall–Kier alpha value is -3.29. The standard InChI is InChI=1S/C25H35F3N8O6S2/c1-17(2)43(38,39)36-13-11-35(12-14-36)22-30-21(31-23(32-22)42-16-25(26,27)28)29-19-7-5-18(6-8-19)20(37)33-44(40,41)24(9-10-24)15-34(3)4/h5-8,17H,9-16H2,1-4H3,(H,33,37)(H,29,30,31,32). The number of amides is 1. The number of ether oxygens (including phenoxy) is 1. The van der Waals surface area contributed by atoms with E-state index < -0.39 is 54.7 Å². The van der Waals surface area contributed by atoms with Crippen molar-refractivity contribution in [3.05, 3.63) is 29.8 Å². The van der Waals surface area contributed by atoms with Crippen molar-refractivity contribution < 1.29 is 39.5 Å². The molecule has 0 spiro atoms. The molecule has 1 amide bonds. The van der Waals surface area contributed by atoms with Gasteiger partial charge in [0.2, 0.25) is 31.9 Å². The minimum atomic E-state index is -4.65. The molecule has 0 bridgehead atoms. The lowest BCUT2D eigenvalue weighted by Gasteiger charge is -2.34. The van der Waals surface area contributed by atoms with Crippen LogP contribution in [-0.4, -0.2) is 116 Å². The lowest BCUT2D eigenvalue weighted by atomic mass is 10.2. The molecule has 0 atom stereocenters. The van der Waals surface area contributed by atoms with Gasteiger partial charge in [0.15, 0.2) is 6.61 Å². The van der Waals surface area contributed by atoms with Gasteiger partial charge in [0.05, 0.1) is 5.25 Å². The Balaban J connectivity index is 1.48. The molecule has 1 aliphatic heterocycles. The molecule has 1 saturated heterocycles. The Kier molecular flexibility index (Phi) is 9.62. The number of halogens is 3. The number of carbonyl (C=O) groups is 1. The Morgan fingerprint density at radius 2 is 1.64 bits per heavy atom. The van der Waals surface area contributed by atoms with E-state index in [1.165, 1.54) is 28.6 Å². The highest BCUT2D eigenvalue weighted by atomic mass is 32.2. The van der Waals surface area contributed by atoms with Gasteiger partial charge >= 0.3 is 12.2 Å². The zero-order valence-electron chi connectivity index (χ0n) is 24.6. The fourth-order valence-electron chi connectivity index (χ4n) is 4.55. The van der Waals surface area contributed by atoms with Gasteiger partial charge < -0.3 is 19.9 Å². The molecule has 4 rings (SSSR count). The second-order valence-electron chi connectivity index (χ2n) is 11.2. The van der Waals surface area contributed by atoms with Crippen LogP contribution in [0.25, 0.3) is 0 Å². The Labute approximate surface area is 254 Å². The van der Waals surface area contributed by atoms with E-state index in [0.29, 0.717) is 18.5 Å². The summed E-state index contributed by atoms with van der Waals surface area (Å²) in [5, 5.41) is 2.22. The van der Waals surface area contributed by atoms with Gasteiger partial charge in [-0.3, -0.25) is 4.79 Å². The minimum Gasteiger partial charge on any atom is -0.454 e. The zero-order chi connectivity index (χ0) is 32.5. The van der Waals surface area contributed by atoms with Gasteiger partial charge in [-0.05, 0) is 65.0 Å². The summed E-state index contributed by atoms with van der Waals surface area (Å²) in [5.74, 6) is -0.983. The molecule has 44 heavy (non-hydrogen) atoms. The highest BCUT2D eigenvalue weighted by Gasteiger charge is 2.55. The summed E-state index contributed by atoms with van der Waals surface area (Å²) in [6.07, 6.45) is -3.75. The van der Waals surface area contributed by atoms with Crippen LogP contribution in [0.1, 0.15) is 37.0 Å². The van der Waals surface area contributed by atoms with E-state index in [1.54, 1.807) is 37.7 Å². The lowest BCUT2D eigenvalue weighted by Crippen LogP contribution is -2.50. The summed E-state index contributed by atoms with van der Waals surface area (Å²) in [5.41, 5.74) is 0.405. The minimum absolute atomic E-state index is 0.0193. The fraction of sp³-hybridized carbons (Fsp3) is 0.600. The average Bonchev–Trinajstić information content (AvgIpc) is 3.72. The molecule has 19 heteroatoms. The molecule has 2 N–H and O–H groups in total. The normalized spacial score (nSPS) is 17.5. The zero-order valence-corrected chi connectivity index (χ0v) is 26.3. The van der Waals surface area contributed by atoms with Crippen LogP contribution < -0.4 is 19.7 Å². The van der Waals surface area contributed by atoms with Crippen molar-refractivity contribution in [2.24, 2.45) is 0 Å². The van der Waals surface area contributed by atoms with E-state index >= 15 is 0 Å². The van der Waals surface area contributed by atoms with Gasteiger partial charge in [0, 0.05) is 44.0 Å². The van der Waals surface area contributed by atoms with E-state index in [4.69, 9.17) is 4.74 Å². The Morgan fingerprint density at radius 1 is 1.02 bits per heavy atom. The van der Waals surface area contributed by atoms with E-state index in [9.17, 15) is 34.8 Å². The van der Waals surface area contributed by atoms with Gasteiger partial charge in [-0.25, -0.2) is 21.6 Å². The van der Waals surface area contributed by atoms with Crippen LogP contribution in [0.5, 0.6) is 6.01 Å². The third kappa shape index (κ3) is 8.05. The number of piperazine rings is 1. The number of hydrogen-bond acceptors (Lipinski definition) is 12. The maximum absolute atomic E-state index is 12.8. The summed E-state index contributed by atoms with van der Waals surface area (Å²) in [6, 6.07) is 5.04. The number of sulfonamides is 2. The lowest BCUT2D eigenvalue weighted by molar-refractivity contribution is -0.154. The molecular weight excluding hydrogens is 629 g/mol. The van der Waals surface area contributed by atoms with Crippen LogP contribution in [0.15, 0.2) is 24.3 Å². The highest BCUT2D eigenvalue weighted by molar-refractivity contribution is 7.91. The van der Waals surface area contributed by atoms with Crippen LogP contribution in [0.2, 0.25) is 0 Å². The number of nitrogens with zero attached hydrogens (tertiary/aromatic N) is 6. The quantitative estimate of drug-likeness (QED) is 0.337. The molecule has 2 aromatic rings. The molecule has 14 nitrogen and oxygen atoms in total. The van der Waals surface area contributed by atoms with Crippen molar-refractivity contribution in [2.75, 3.05) is 63.6 Å². The average molecular weight is 665 g/mol. The third-order valence-corrected chi connectivity index (χ3v) is 11.5. The number of nitrogens with one attached hydrogen (secondary N) is 2. The van der Waals surface area contributed by atoms with Crippen molar-refractivity contribution >= 4 is 43.5 Å². The van der Waals surface area contributed by atoms with Crippen molar-refractivity contribution in [1.82, 2.24) is 28.9 Å². The molecule has 2 heterocycles. The second-order valence-corrected chi connectivity index (χ2v) is 15.7. The summed E-state index contributed by atoms with van der Waals surface area (Å²) in [6.45, 7) is 2.41. The Morgan fingerprint density at radius 3 is 2.16 bits per heavy atom. The number of aromatic nitrogens is 3. The maximum Gasteiger partial charge on any atom is 0.422 e. The first kappa shape index (κ1) is 33.6. The summed E-state index contributed by atoms with van der Waals surface area (Å²) in [7, 11) is -3.90. The molecule has 1 saturated carbocycles. The highest BCUT2D eigenvalue weighted by Crippen LogP contribution is 2.43. The van der Waals surface area contributed by atoms with Gasteiger partial charge in [0.1, 0.15) is 4.75 Å². The monoisotopic (exact) mass is 664 g/mol. The van der Waals surface area contributed by atoms with Gasteiger partial charge in [-0.15, -0.1) is 0 Å². The molecule has 2 fully saturated rings. The first-order valence-corrected chi connectivity index (χ1v) is 16.7. The topological polar surface area (TPSA) is 167 Å². The largest absolute Gasteiger partial charge is 0.454 e. The van der Waals surface area contributed by atoms with E-state index in [0.717, 1.165) is 0 Å². The van der Waals surface area contributed by atoms with Crippen molar-refractivity contribution in [1.29, 1.82) is 0 Å².